The minimum atomic E-state index is -0.585. The molecule has 0 amide bonds. The number of esters is 2. The summed E-state index contributed by atoms with van der Waals surface area (Å²) in [6.45, 7) is 0.877. The zero-order valence-corrected chi connectivity index (χ0v) is 14.7. The molecule has 136 valence electrons. The van der Waals surface area contributed by atoms with Gasteiger partial charge < -0.3 is 18.9 Å². The predicted molar refractivity (Wildman–Crippen MR) is 94.1 cm³/mol. The maximum absolute atomic E-state index is 12.2. The first-order valence-corrected chi connectivity index (χ1v) is 8.51. The SMILES string of the molecule is O=C(OCCOC(=O)c1cc(Cl)c2c(c1)OCCCO2)c1ccccc1. The standard InChI is InChI=1S/C19H17ClO6/c20-15-11-14(12-16-17(15)24-8-4-7-23-16)19(22)26-10-9-25-18(21)13-5-2-1-3-6-13/h1-3,5-6,11-12H,4,7-10H2. The maximum Gasteiger partial charge on any atom is 0.338 e. The second-order valence-corrected chi connectivity index (χ2v) is 5.88. The summed E-state index contributed by atoms with van der Waals surface area (Å²) in [5.74, 6) is -0.214. The molecule has 0 spiro atoms. The first-order chi connectivity index (χ1) is 12.6. The number of fused-ring (bicyclic) bond motifs is 1. The van der Waals surface area contributed by atoms with Gasteiger partial charge in [0.2, 0.25) is 0 Å². The molecule has 0 aromatic heterocycles. The third-order valence-electron chi connectivity index (χ3n) is 3.60. The van der Waals surface area contributed by atoms with Crippen molar-refractivity contribution >= 4 is 23.5 Å². The molecule has 0 bridgehead atoms. The Hall–Kier alpha value is -2.73. The van der Waals surface area contributed by atoms with E-state index in [0.29, 0.717) is 30.3 Å². The summed E-state index contributed by atoms with van der Waals surface area (Å²) in [5, 5.41) is 0.284. The van der Waals surface area contributed by atoms with Crippen molar-refractivity contribution in [3.8, 4) is 11.5 Å². The molecule has 0 saturated heterocycles. The van der Waals surface area contributed by atoms with Crippen molar-refractivity contribution in [3.63, 3.8) is 0 Å². The number of benzene rings is 2. The third-order valence-corrected chi connectivity index (χ3v) is 3.88. The Kier molecular flexibility index (Phi) is 5.96. The first-order valence-electron chi connectivity index (χ1n) is 8.13. The molecule has 0 fully saturated rings. The summed E-state index contributed by atoms with van der Waals surface area (Å²) < 4.78 is 21.2. The number of ether oxygens (including phenoxy) is 4. The second-order valence-electron chi connectivity index (χ2n) is 5.47. The molecular weight excluding hydrogens is 360 g/mol. The van der Waals surface area contributed by atoms with E-state index in [1.807, 2.05) is 0 Å². The Bertz CT molecular complexity index is 790. The molecule has 0 aliphatic carbocycles. The number of hydrogen-bond acceptors (Lipinski definition) is 6. The van der Waals surface area contributed by atoms with Crippen LogP contribution in [-0.4, -0.2) is 38.4 Å². The molecule has 0 atom stereocenters. The van der Waals surface area contributed by atoms with Crippen LogP contribution in [0.4, 0.5) is 0 Å². The quantitative estimate of drug-likeness (QED) is 0.587. The van der Waals surface area contributed by atoms with Gasteiger partial charge in [0.25, 0.3) is 0 Å². The molecule has 6 nitrogen and oxygen atoms in total. The number of halogens is 1. The van der Waals surface area contributed by atoms with Crippen LogP contribution in [0.5, 0.6) is 11.5 Å². The summed E-state index contributed by atoms with van der Waals surface area (Å²) >= 11 is 6.15. The molecule has 1 heterocycles. The molecule has 0 unspecified atom stereocenters. The van der Waals surface area contributed by atoms with Crippen molar-refractivity contribution < 1.29 is 28.5 Å². The highest BCUT2D eigenvalue weighted by Gasteiger charge is 2.19. The highest BCUT2D eigenvalue weighted by atomic mass is 35.5. The number of carbonyl (C=O) groups is 2. The zero-order valence-electron chi connectivity index (χ0n) is 13.9. The Balaban J connectivity index is 1.53. The lowest BCUT2D eigenvalue weighted by Gasteiger charge is -2.11. The highest BCUT2D eigenvalue weighted by molar-refractivity contribution is 6.32. The summed E-state index contributed by atoms with van der Waals surface area (Å²) in [6.07, 6.45) is 0.734. The molecule has 7 heteroatoms. The lowest BCUT2D eigenvalue weighted by Crippen LogP contribution is -2.14. The first kappa shape index (κ1) is 18.1. The lowest BCUT2D eigenvalue weighted by atomic mass is 10.2. The van der Waals surface area contributed by atoms with Crippen molar-refractivity contribution in [1.82, 2.24) is 0 Å². The smallest absolute Gasteiger partial charge is 0.338 e. The minimum absolute atomic E-state index is 0.0439. The number of carbonyl (C=O) groups excluding carboxylic acids is 2. The van der Waals surface area contributed by atoms with E-state index in [-0.39, 0.29) is 23.8 Å². The topological polar surface area (TPSA) is 71.1 Å². The van der Waals surface area contributed by atoms with Crippen molar-refractivity contribution in [3.05, 3.63) is 58.6 Å². The molecule has 0 radical (unpaired) electrons. The van der Waals surface area contributed by atoms with E-state index in [0.717, 1.165) is 6.42 Å². The lowest BCUT2D eigenvalue weighted by molar-refractivity contribution is 0.0265. The van der Waals surface area contributed by atoms with Gasteiger partial charge in [0.15, 0.2) is 11.5 Å². The van der Waals surface area contributed by atoms with Crippen LogP contribution in [0, 0.1) is 0 Å². The van der Waals surface area contributed by atoms with E-state index in [1.165, 1.54) is 12.1 Å². The van der Waals surface area contributed by atoms with Gasteiger partial charge >= 0.3 is 11.9 Å². The summed E-state index contributed by atoms with van der Waals surface area (Å²) in [4.78, 5) is 24.0. The van der Waals surface area contributed by atoms with Crippen LogP contribution < -0.4 is 9.47 Å². The fraction of sp³-hybridized carbons (Fsp3) is 0.263. The van der Waals surface area contributed by atoms with Gasteiger partial charge in [-0.25, -0.2) is 9.59 Å². The third kappa shape index (κ3) is 4.46. The van der Waals surface area contributed by atoms with Gasteiger partial charge in [0, 0.05) is 6.42 Å². The van der Waals surface area contributed by atoms with Gasteiger partial charge in [0.05, 0.1) is 29.4 Å². The van der Waals surface area contributed by atoms with Crippen molar-refractivity contribution in [2.24, 2.45) is 0 Å². The Labute approximate surface area is 155 Å². The predicted octanol–water partition coefficient (Wildman–Crippen LogP) is 3.52. The second kappa shape index (κ2) is 8.58. The van der Waals surface area contributed by atoms with Gasteiger partial charge in [-0.3, -0.25) is 0 Å². The van der Waals surface area contributed by atoms with E-state index in [9.17, 15) is 9.59 Å². The number of hydrogen-bond donors (Lipinski definition) is 0. The van der Waals surface area contributed by atoms with E-state index in [2.05, 4.69) is 0 Å². The van der Waals surface area contributed by atoms with E-state index >= 15 is 0 Å². The monoisotopic (exact) mass is 376 g/mol. The molecule has 2 aromatic carbocycles. The van der Waals surface area contributed by atoms with Crippen LogP contribution in [0.25, 0.3) is 0 Å². The van der Waals surface area contributed by atoms with Gasteiger partial charge in [-0.2, -0.15) is 0 Å². The van der Waals surface area contributed by atoms with Crippen LogP contribution in [0.3, 0.4) is 0 Å². The Morgan fingerprint density at radius 2 is 1.58 bits per heavy atom. The molecule has 1 aliphatic heterocycles. The Morgan fingerprint density at radius 1 is 0.923 bits per heavy atom. The summed E-state index contributed by atoms with van der Waals surface area (Å²) in [6, 6.07) is 11.6. The number of rotatable bonds is 5. The molecule has 26 heavy (non-hydrogen) atoms. The zero-order chi connectivity index (χ0) is 18.4. The molecular formula is C19H17ClO6. The molecule has 0 saturated carbocycles. The van der Waals surface area contributed by atoms with Gasteiger partial charge in [0.1, 0.15) is 13.2 Å². The largest absolute Gasteiger partial charge is 0.489 e. The summed E-state index contributed by atoms with van der Waals surface area (Å²) in [5.41, 5.74) is 0.683. The minimum Gasteiger partial charge on any atom is -0.489 e. The van der Waals surface area contributed by atoms with Crippen molar-refractivity contribution in [2.75, 3.05) is 26.4 Å². The average molecular weight is 377 g/mol. The van der Waals surface area contributed by atoms with Gasteiger partial charge in [-0.05, 0) is 24.3 Å². The fourth-order valence-corrected chi connectivity index (χ4v) is 2.62. The van der Waals surface area contributed by atoms with Crippen molar-refractivity contribution in [2.45, 2.75) is 6.42 Å². The maximum atomic E-state index is 12.2. The highest BCUT2D eigenvalue weighted by Crippen LogP contribution is 2.38. The Morgan fingerprint density at radius 3 is 2.31 bits per heavy atom. The van der Waals surface area contributed by atoms with E-state index < -0.39 is 11.9 Å². The van der Waals surface area contributed by atoms with Crippen LogP contribution in [0.2, 0.25) is 5.02 Å². The molecule has 2 aromatic rings. The molecule has 0 N–H and O–H groups in total. The normalized spacial score (nSPS) is 12.8. The van der Waals surface area contributed by atoms with Gasteiger partial charge in [-0.1, -0.05) is 29.8 Å². The molecule has 1 aliphatic rings. The fourth-order valence-electron chi connectivity index (χ4n) is 2.36. The van der Waals surface area contributed by atoms with Crippen molar-refractivity contribution in [1.29, 1.82) is 0 Å². The van der Waals surface area contributed by atoms with Crippen LogP contribution in [0.1, 0.15) is 27.1 Å². The van der Waals surface area contributed by atoms with E-state index in [4.69, 9.17) is 30.5 Å². The average Bonchev–Trinajstić information content (AvgIpc) is 2.91. The van der Waals surface area contributed by atoms with Crippen LogP contribution in [0.15, 0.2) is 42.5 Å². The van der Waals surface area contributed by atoms with Gasteiger partial charge in [-0.15, -0.1) is 0 Å². The molecule has 3 rings (SSSR count). The van der Waals surface area contributed by atoms with E-state index in [1.54, 1.807) is 30.3 Å². The van der Waals surface area contributed by atoms with Crippen LogP contribution >= 0.6 is 11.6 Å². The summed E-state index contributed by atoms with van der Waals surface area (Å²) in [7, 11) is 0. The van der Waals surface area contributed by atoms with Crippen LogP contribution in [-0.2, 0) is 9.47 Å².